The Morgan fingerprint density at radius 2 is 2.00 bits per heavy atom. The molecule has 4 nitrogen and oxygen atoms in total. The first kappa shape index (κ1) is 11.3. The Balaban J connectivity index is 2.04. The summed E-state index contributed by atoms with van der Waals surface area (Å²) in [6.07, 6.45) is 0.362. The van der Waals surface area contributed by atoms with Crippen LogP contribution in [0.5, 0.6) is 0 Å². The van der Waals surface area contributed by atoms with Gasteiger partial charge >= 0.3 is 0 Å². The number of aliphatic hydroxyl groups excluding tert-OH is 1. The molecule has 5 unspecified atom stereocenters. The Kier molecular flexibility index (Phi) is 3.30. The van der Waals surface area contributed by atoms with Crippen LogP contribution in [0.4, 0.5) is 0 Å². The fourth-order valence-corrected chi connectivity index (χ4v) is 2.46. The molecule has 2 heterocycles. The Morgan fingerprint density at radius 1 is 1.27 bits per heavy atom. The molecule has 88 valence electrons. The van der Waals surface area contributed by atoms with Crippen LogP contribution in [0.1, 0.15) is 20.8 Å². The zero-order valence-electron chi connectivity index (χ0n) is 9.64. The van der Waals surface area contributed by atoms with Gasteiger partial charge < -0.3 is 19.9 Å². The van der Waals surface area contributed by atoms with Crippen molar-refractivity contribution < 1.29 is 14.6 Å². The summed E-state index contributed by atoms with van der Waals surface area (Å²) in [5, 5.41) is 12.6. The van der Waals surface area contributed by atoms with Gasteiger partial charge in [0.05, 0.1) is 18.8 Å². The number of nitrogens with one attached hydrogen (secondary N) is 1. The van der Waals surface area contributed by atoms with Crippen LogP contribution in [0.15, 0.2) is 0 Å². The molecule has 0 aromatic carbocycles. The molecule has 0 radical (unpaired) electrons. The van der Waals surface area contributed by atoms with Gasteiger partial charge in [0.15, 0.2) is 0 Å². The number of likely N-dealkylation sites (N-methyl/N-ethyl adjacent to an activating group) is 1. The van der Waals surface area contributed by atoms with Gasteiger partial charge in [0.1, 0.15) is 18.3 Å². The molecular formula is C11H21NO3. The van der Waals surface area contributed by atoms with Gasteiger partial charge in [-0.15, -0.1) is 0 Å². The molecule has 0 aromatic heterocycles. The number of fused-ring (bicyclic) bond motifs is 1. The molecule has 0 aliphatic carbocycles. The van der Waals surface area contributed by atoms with Crippen LogP contribution in [0, 0.1) is 5.92 Å². The highest BCUT2D eigenvalue weighted by molar-refractivity contribution is 5.06. The fraction of sp³-hybridized carbons (Fsp3) is 1.00. The van der Waals surface area contributed by atoms with E-state index in [0.29, 0.717) is 5.92 Å². The average molecular weight is 215 g/mol. The number of epoxide rings is 1. The first-order valence-corrected chi connectivity index (χ1v) is 5.84. The lowest BCUT2D eigenvalue weighted by molar-refractivity contribution is -0.0926. The largest absolute Gasteiger partial charge is 0.394 e. The molecule has 2 aliphatic rings. The molecule has 0 bridgehead atoms. The quantitative estimate of drug-likeness (QED) is 0.655. The third-order valence-electron chi connectivity index (χ3n) is 3.24. The zero-order chi connectivity index (χ0) is 11.0. The summed E-state index contributed by atoms with van der Waals surface area (Å²) in [7, 11) is 0. The maximum atomic E-state index is 9.18. The lowest BCUT2D eigenvalue weighted by atomic mass is 9.91. The monoisotopic (exact) mass is 215 g/mol. The molecule has 0 spiro atoms. The highest BCUT2D eigenvalue weighted by Gasteiger charge is 2.57. The van der Waals surface area contributed by atoms with Crippen LogP contribution < -0.4 is 5.32 Å². The summed E-state index contributed by atoms with van der Waals surface area (Å²) in [6.45, 7) is 7.36. The van der Waals surface area contributed by atoms with Crippen molar-refractivity contribution >= 4 is 0 Å². The first-order chi connectivity index (χ1) is 7.19. The molecule has 2 saturated heterocycles. The van der Waals surface area contributed by atoms with Crippen LogP contribution in [0.3, 0.4) is 0 Å². The van der Waals surface area contributed by atoms with E-state index in [1.807, 2.05) is 0 Å². The summed E-state index contributed by atoms with van der Waals surface area (Å²) in [4.78, 5) is 0. The van der Waals surface area contributed by atoms with E-state index < -0.39 is 0 Å². The second-order valence-corrected chi connectivity index (χ2v) is 4.71. The van der Waals surface area contributed by atoms with E-state index in [1.54, 1.807) is 0 Å². The molecule has 0 aromatic rings. The SMILES string of the molecule is CCNC1C(C(C)C)OC(CO)C2OC12. The van der Waals surface area contributed by atoms with E-state index >= 15 is 0 Å². The molecule has 0 amide bonds. The van der Waals surface area contributed by atoms with Crippen LogP contribution in [-0.2, 0) is 9.47 Å². The number of ether oxygens (including phenoxy) is 2. The summed E-state index contributed by atoms with van der Waals surface area (Å²) in [5.74, 6) is 0.438. The maximum Gasteiger partial charge on any atom is 0.114 e. The predicted octanol–water partition coefficient (Wildman–Crippen LogP) is 0.148. The van der Waals surface area contributed by atoms with Crippen LogP contribution in [0.2, 0.25) is 0 Å². The van der Waals surface area contributed by atoms with E-state index in [2.05, 4.69) is 26.1 Å². The number of hydrogen-bond acceptors (Lipinski definition) is 4. The normalized spacial score (nSPS) is 44.2. The van der Waals surface area contributed by atoms with Gasteiger partial charge in [0.2, 0.25) is 0 Å². The third kappa shape index (κ3) is 2.04. The maximum absolute atomic E-state index is 9.18. The summed E-state index contributed by atoms with van der Waals surface area (Å²) < 4.78 is 11.5. The molecule has 4 heteroatoms. The van der Waals surface area contributed by atoms with E-state index in [4.69, 9.17) is 9.47 Å². The van der Waals surface area contributed by atoms with Crippen molar-refractivity contribution in [1.82, 2.24) is 5.32 Å². The van der Waals surface area contributed by atoms with Crippen molar-refractivity contribution in [3.8, 4) is 0 Å². The van der Waals surface area contributed by atoms with Gasteiger partial charge in [0, 0.05) is 0 Å². The van der Waals surface area contributed by atoms with Crippen molar-refractivity contribution in [2.45, 2.75) is 51.2 Å². The fourth-order valence-electron chi connectivity index (χ4n) is 2.46. The van der Waals surface area contributed by atoms with Crippen molar-refractivity contribution in [1.29, 1.82) is 0 Å². The van der Waals surface area contributed by atoms with Gasteiger partial charge in [-0.25, -0.2) is 0 Å². The third-order valence-corrected chi connectivity index (χ3v) is 3.24. The van der Waals surface area contributed by atoms with Gasteiger partial charge in [-0.3, -0.25) is 0 Å². The minimum atomic E-state index is -0.127. The molecule has 2 N–H and O–H groups in total. The van der Waals surface area contributed by atoms with Gasteiger partial charge in [-0.1, -0.05) is 20.8 Å². The van der Waals surface area contributed by atoms with E-state index in [0.717, 1.165) is 6.54 Å². The average Bonchev–Trinajstić information content (AvgIpc) is 2.97. The first-order valence-electron chi connectivity index (χ1n) is 5.84. The smallest absolute Gasteiger partial charge is 0.114 e. The number of hydrogen-bond donors (Lipinski definition) is 2. The minimum absolute atomic E-state index is 0.0588. The molecule has 2 aliphatic heterocycles. The summed E-state index contributed by atoms with van der Waals surface area (Å²) in [6, 6.07) is 0.280. The van der Waals surface area contributed by atoms with Gasteiger partial charge in [-0.2, -0.15) is 0 Å². The number of aliphatic hydroxyl groups is 1. The molecule has 0 saturated carbocycles. The highest BCUT2D eigenvalue weighted by Crippen LogP contribution is 2.39. The van der Waals surface area contributed by atoms with Crippen LogP contribution in [0.25, 0.3) is 0 Å². The van der Waals surface area contributed by atoms with E-state index in [-0.39, 0.29) is 37.1 Å². The predicted molar refractivity (Wildman–Crippen MR) is 56.7 cm³/mol. The Hall–Kier alpha value is -0.160. The van der Waals surface area contributed by atoms with Gasteiger partial charge in [0.25, 0.3) is 0 Å². The Labute approximate surface area is 90.9 Å². The van der Waals surface area contributed by atoms with Crippen molar-refractivity contribution in [2.75, 3.05) is 13.2 Å². The zero-order valence-corrected chi connectivity index (χ0v) is 9.64. The van der Waals surface area contributed by atoms with Crippen molar-refractivity contribution in [3.63, 3.8) is 0 Å². The highest BCUT2D eigenvalue weighted by atomic mass is 16.6. The van der Waals surface area contributed by atoms with Gasteiger partial charge in [-0.05, 0) is 12.5 Å². The van der Waals surface area contributed by atoms with Crippen molar-refractivity contribution in [2.24, 2.45) is 5.92 Å². The number of rotatable bonds is 4. The van der Waals surface area contributed by atoms with Crippen LogP contribution >= 0.6 is 0 Å². The molecule has 15 heavy (non-hydrogen) atoms. The van der Waals surface area contributed by atoms with E-state index in [1.165, 1.54) is 0 Å². The topological polar surface area (TPSA) is 54.0 Å². The second-order valence-electron chi connectivity index (χ2n) is 4.71. The minimum Gasteiger partial charge on any atom is -0.394 e. The molecule has 2 rings (SSSR count). The molecule has 5 atom stereocenters. The van der Waals surface area contributed by atoms with Crippen molar-refractivity contribution in [3.05, 3.63) is 0 Å². The molecular weight excluding hydrogens is 194 g/mol. The molecule has 2 fully saturated rings. The standard InChI is InChI=1S/C11H21NO3/c1-4-12-8-9(6(2)3)14-7(5-13)10-11(8)15-10/h6-13H,4-5H2,1-3H3. The Morgan fingerprint density at radius 3 is 2.53 bits per heavy atom. The lowest BCUT2D eigenvalue weighted by Crippen LogP contribution is -2.55. The van der Waals surface area contributed by atoms with Crippen LogP contribution in [-0.4, -0.2) is 48.7 Å². The second kappa shape index (κ2) is 4.37. The summed E-state index contributed by atoms with van der Waals surface area (Å²) in [5.41, 5.74) is 0. The van der Waals surface area contributed by atoms with E-state index in [9.17, 15) is 5.11 Å². The lowest BCUT2D eigenvalue weighted by Gasteiger charge is -2.36. The summed E-state index contributed by atoms with van der Waals surface area (Å²) >= 11 is 0. The Bertz CT molecular complexity index is 222.